The zero-order valence-corrected chi connectivity index (χ0v) is 15.6. The van der Waals surface area contributed by atoms with E-state index >= 15 is 0 Å². The van der Waals surface area contributed by atoms with Crippen molar-refractivity contribution in [1.82, 2.24) is 0 Å². The molecule has 5 N–H and O–H groups in total. The van der Waals surface area contributed by atoms with Gasteiger partial charge in [-0.25, -0.2) is 0 Å². The molecule has 1 aromatic rings. The number of hydrogen-bond donors (Lipinski definition) is 5. The molecule has 10 nitrogen and oxygen atoms in total. The number of fused-ring (bicyclic) bond motifs is 2. The van der Waals surface area contributed by atoms with Crippen molar-refractivity contribution in [1.29, 1.82) is 0 Å². The second kappa shape index (κ2) is 8.90. The average molecular weight is 414 g/mol. The Kier molecular flexibility index (Phi) is 6.47. The van der Waals surface area contributed by atoms with E-state index in [0.717, 1.165) is 5.56 Å². The minimum absolute atomic E-state index is 0.101. The van der Waals surface area contributed by atoms with E-state index in [1.165, 1.54) is 0 Å². The Bertz CT molecular complexity index is 660. The van der Waals surface area contributed by atoms with Gasteiger partial charge in [-0.05, 0) is 5.56 Å². The van der Waals surface area contributed by atoms with Gasteiger partial charge in [0, 0.05) is 0 Å². The lowest BCUT2D eigenvalue weighted by Crippen LogP contribution is -2.63. The minimum Gasteiger partial charge on any atom is -0.394 e. The second-order valence-corrected chi connectivity index (χ2v) is 7.43. The third-order valence-corrected chi connectivity index (χ3v) is 5.47. The molecule has 0 amide bonds. The first-order valence-corrected chi connectivity index (χ1v) is 9.56. The fourth-order valence-corrected chi connectivity index (χ4v) is 3.81. The van der Waals surface area contributed by atoms with Crippen LogP contribution in [0, 0.1) is 0 Å². The van der Waals surface area contributed by atoms with E-state index in [9.17, 15) is 25.5 Å². The summed E-state index contributed by atoms with van der Waals surface area (Å²) >= 11 is 0. The summed E-state index contributed by atoms with van der Waals surface area (Å²) in [5.41, 5.74) is 0.848. The second-order valence-electron chi connectivity index (χ2n) is 7.43. The summed E-state index contributed by atoms with van der Waals surface area (Å²) in [6.07, 6.45) is -11.4. The van der Waals surface area contributed by atoms with Crippen LogP contribution in [0.2, 0.25) is 0 Å². The topological polar surface area (TPSA) is 147 Å². The Hall–Kier alpha value is -1.18. The standard InChI is InChI=1S/C19H26O10/c20-6-10-12(21)17(29-19-14(23)16-13(22)11(28-19)8-25-16)15(24)18(27-10)26-7-9-4-2-1-3-5-9/h1-5,10-24H,6-8H2/t10-,11-,12+,13+,14-,15-,16+,17+,18-,19+/m1/s1. The molecule has 2 bridgehead atoms. The van der Waals surface area contributed by atoms with Crippen LogP contribution in [0.3, 0.4) is 0 Å². The van der Waals surface area contributed by atoms with Crippen LogP contribution in [0.1, 0.15) is 5.56 Å². The van der Waals surface area contributed by atoms with Crippen molar-refractivity contribution in [2.75, 3.05) is 13.2 Å². The molecule has 29 heavy (non-hydrogen) atoms. The Morgan fingerprint density at radius 1 is 0.897 bits per heavy atom. The maximum absolute atomic E-state index is 10.7. The molecule has 0 radical (unpaired) electrons. The van der Waals surface area contributed by atoms with E-state index < -0.39 is 68.0 Å². The van der Waals surface area contributed by atoms with Crippen LogP contribution in [0.25, 0.3) is 0 Å². The summed E-state index contributed by atoms with van der Waals surface area (Å²) in [6, 6.07) is 9.23. The van der Waals surface area contributed by atoms with E-state index in [4.69, 9.17) is 23.7 Å². The molecule has 10 atom stereocenters. The highest BCUT2D eigenvalue weighted by atomic mass is 16.7. The molecule has 0 saturated carbocycles. The highest BCUT2D eigenvalue weighted by Gasteiger charge is 2.54. The first-order valence-electron chi connectivity index (χ1n) is 9.56. The van der Waals surface area contributed by atoms with Crippen LogP contribution in [0.4, 0.5) is 0 Å². The first kappa shape index (κ1) is 21.1. The molecule has 0 spiro atoms. The van der Waals surface area contributed by atoms with Crippen molar-refractivity contribution >= 4 is 0 Å². The molecular weight excluding hydrogens is 388 g/mol. The Balaban J connectivity index is 1.44. The molecule has 3 saturated heterocycles. The normalized spacial score (nSPS) is 44.7. The van der Waals surface area contributed by atoms with Gasteiger partial charge in [0.15, 0.2) is 12.6 Å². The number of ether oxygens (including phenoxy) is 5. The first-order chi connectivity index (χ1) is 14.0. The largest absolute Gasteiger partial charge is 0.394 e. The Labute approximate surface area is 167 Å². The van der Waals surface area contributed by atoms with Gasteiger partial charge in [0.05, 0.1) is 19.8 Å². The average Bonchev–Trinajstić information content (AvgIpc) is 3.00. The molecule has 3 aliphatic rings. The summed E-state index contributed by atoms with van der Waals surface area (Å²) in [5, 5.41) is 51.0. The summed E-state index contributed by atoms with van der Waals surface area (Å²) in [6.45, 7) is -0.292. The van der Waals surface area contributed by atoms with E-state index in [0.29, 0.717) is 0 Å². The van der Waals surface area contributed by atoms with Crippen molar-refractivity contribution < 1.29 is 49.2 Å². The lowest BCUT2D eigenvalue weighted by molar-refractivity contribution is -0.349. The summed E-state index contributed by atoms with van der Waals surface area (Å²) < 4.78 is 27.6. The van der Waals surface area contributed by atoms with Crippen LogP contribution in [-0.4, -0.2) is 100 Å². The highest BCUT2D eigenvalue weighted by molar-refractivity contribution is 5.13. The SMILES string of the molecule is OC[C@H]1O[C@@H](OCc2ccccc2)[C@H](O)[C@@H](O[C@@H]2O[C@@H]3CO[C@@H]([C@H]3O)[C@H]2O)[C@H]1O. The van der Waals surface area contributed by atoms with E-state index in [1.807, 2.05) is 30.3 Å². The number of aliphatic hydroxyl groups excluding tert-OH is 5. The zero-order chi connectivity index (χ0) is 20.5. The van der Waals surface area contributed by atoms with Gasteiger partial charge >= 0.3 is 0 Å². The predicted octanol–water partition coefficient (Wildman–Crippen LogP) is -2.13. The summed E-state index contributed by atoms with van der Waals surface area (Å²) in [7, 11) is 0. The molecule has 10 heteroatoms. The van der Waals surface area contributed by atoms with E-state index in [-0.39, 0.29) is 13.2 Å². The fraction of sp³-hybridized carbons (Fsp3) is 0.684. The van der Waals surface area contributed by atoms with Gasteiger partial charge in [-0.15, -0.1) is 0 Å². The van der Waals surface area contributed by atoms with Gasteiger partial charge in [-0.2, -0.15) is 0 Å². The lowest BCUT2D eigenvalue weighted by Gasteiger charge is -2.44. The van der Waals surface area contributed by atoms with Crippen LogP contribution >= 0.6 is 0 Å². The zero-order valence-electron chi connectivity index (χ0n) is 15.6. The Morgan fingerprint density at radius 3 is 2.38 bits per heavy atom. The molecular formula is C19H26O10. The van der Waals surface area contributed by atoms with Gasteiger partial charge in [-0.3, -0.25) is 0 Å². The smallest absolute Gasteiger partial charge is 0.187 e. The number of aliphatic hydroxyl groups is 5. The quantitative estimate of drug-likeness (QED) is 0.350. The van der Waals surface area contributed by atoms with E-state index in [2.05, 4.69) is 0 Å². The number of benzene rings is 1. The number of hydrogen-bond acceptors (Lipinski definition) is 10. The minimum atomic E-state index is -1.42. The van der Waals surface area contributed by atoms with E-state index in [1.54, 1.807) is 0 Å². The van der Waals surface area contributed by atoms with Crippen molar-refractivity contribution in [2.45, 2.75) is 68.0 Å². The van der Waals surface area contributed by atoms with Gasteiger partial charge < -0.3 is 49.2 Å². The third-order valence-electron chi connectivity index (χ3n) is 5.47. The fourth-order valence-electron chi connectivity index (χ4n) is 3.81. The van der Waals surface area contributed by atoms with Crippen molar-refractivity contribution in [3.05, 3.63) is 35.9 Å². The Morgan fingerprint density at radius 2 is 1.66 bits per heavy atom. The molecule has 3 heterocycles. The van der Waals surface area contributed by atoms with Gasteiger partial charge in [0.1, 0.15) is 48.8 Å². The van der Waals surface area contributed by atoms with Gasteiger partial charge in [-0.1, -0.05) is 30.3 Å². The number of rotatable bonds is 6. The van der Waals surface area contributed by atoms with Crippen molar-refractivity contribution in [3.8, 4) is 0 Å². The molecule has 0 aliphatic carbocycles. The third kappa shape index (κ3) is 4.19. The maximum Gasteiger partial charge on any atom is 0.187 e. The maximum atomic E-state index is 10.7. The monoisotopic (exact) mass is 414 g/mol. The van der Waals surface area contributed by atoms with Crippen LogP contribution in [0.5, 0.6) is 0 Å². The molecule has 3 aliphatic heterocycles. The van der Waals surface area contributed by atoms with Crippen LogP contribution < -0.4 is 0 Å². The predicted molar refractivity (Wildman–Crippen MR) is 94.3 cm³/mol. The van der Waals surface area contributed by atoms with Crippen LogP contribution in [0.15, 0.2) is 30.3 Å². The molecule has 4 rings (SSSR count). The summed E-state index contributed by atoms with van der Waals surface area (Å²) in [5.74, 6) is 0. The van der Waals surface area contributed by atoms with Gasteiger partial charge in [0.2, 0.25) is 0 Å². The molecule has 0 aromatic heterocycles. The van der Waals surface area contributed by atoms with Crippen molar-refractivity contribution in [2.24, 2.45) is 0 Å². The highest BCUT2D eigenvalue weighted by Crippen LogP contribution is 2.33. The van der Waals surface area contributed by atoms with Crippen molar-refractivity contribution in [3.63, 3.8) is 0 Å². The molecule has 0 unspecified atom stereocenters. The molecule has 1 aromatic carbocycles. The summed E-state index contributed by atoms with van der Waals surface area (Å²) in [4.78, 5) is 0. The molecule has 3 fully saturated rings. The lowest BCUT2D eigenvalue weighted by atomic mass is 9.98. The molecule has 162 valence electrons. The van der Waals surface area contributed by atoms with Crippen LogP contribution in [-0.2, 0) is 30.3 Å². The van der Waals surface area contributed by atoms with Gasteiger partial charge in [0.25, 0.3) is 0 Å².